The molecular weight excluding hydrogens is 342 g/mol. The number of aromatic nitrogens is 2. The maximum Gasteiger partial charge on any atom is 0.266 e. The van der Waals surface area contributed by atoms with E-state index in [-0.39, 0.29) is 17.5 Å². The Morgan fingerprint density at radius 1 is 1.26 bits per heavy atom. The lowest BCUT2D eigenvalue weighted by molar-refractivity contribution is -0.131. The Labute approximate surface area is 158 Å². The molecule has 1 unspecified atom stereocenters. The van der Waals surface area contributed by atoms with Gasteiger partial charge in [0.15, 0.2) is 0 Å². The standard InChI is InChI=1S/C21H25N3O3/c1-24-19(25)14-15-13-17(7-8-18(15)23-24)22-20(26)21(9-11-27-12-10-21)16-5-3-2-4-6-16/h2-6,14,17H,7-13H2,1H3,(H,22,26). The van der Waals surface area contributed by atoms with E-state index in [9.17, 15) is 9.59 Å². The van der Waals surface area contributed by atoms with Crippen molar-refractivity contribution >= 4 is 5.91 Å². The summed E-state index contributed by atoms with van der Waals surface area (Å²) in [5, 5.41) is 7.62. The Balaban J connectivity index is 1.55. The summed E-state index contributed by atoms with van der Waals surface area (Å²) in [5.41, 5.74) is 2.33. The lowest BCUT2D eigenvalue weighted by Crippen LogP contribution is -2.52. The number of hydrogen-bond donors (Lipinski definition) is 1. The van der Waals surface area contributed by atoms with Crippen molar-refractivity contribution in [1.82, 2.24) is 15.1 Å². The van der Waals surface area contributed by atoms with Crippen molar-refractivity contribution in [3.8, 4) is 0 Å². The van der Waals surface area contributed by atoms with Gasteiger partial charge in [-0.3, -0.25) is 9.59 Å². The van der Waals surface area contributed by atoms with Crippen LogP contribution in [0.5, 0.6) is 0 Å². The number of nitrogens with one attached hydrogen (secondary N) is 1. The van der Waals surface area contributed by atoms with Crippen molar-refractivity contribution in [3.05, 3.63) is 63.6 Å². The largest absolute Gasteiger partial charge is 0.381 e. The summed E-state index contributed by atoms with van der Waals surface area (Å²) in [7, 11) is 1.67. The Hall–Kier alpha value is -2.47. The number of benzene rings is 1. The van der Waals surface area contributed by atoms with E-state index in [1.807, 2.05) is 30.3 Å². The molecule has 1 fully saturated rings. The van der Waals surface area contributed by atoms with E-state index in [2.05, 4.69) is 10.4 Å². The normalized spacial score (nSPS) is 21.3. The predicted octanol–water partition coefficient (Wildman–Crippen LogP) is 1.50. The van der Waals surface area contributed by atoms with Gasteiger partial charge in [0.05, 0.1) is 11.1 Å². The maximum absolute atomic E-state index is 13.4. The Bertz CT molecular complexity index is 885. The summed E-state index contributed by atoms with van der Waals surface area (Å²) in [6.45, 7) is 1.19. The topological polar surface area (TPSA) is 73.2 Å². The van der Waals surface area contributed by atoms with Crippen molar-refractivity contribution < 1.29 is 9.53 Å². The molecule has 1 aliphatic carbocycles. The van der Waals surface area contributed by atoms with E-state index in [1.165, 1.54) is 4.68 Å². The van der Waals surface area contributed by atoms with Crippen molar-refractivity contribution in [3.63, 3.8) is 0 Å². The van der Waals surface area contributed by atoms with Gasteiger partial charge >= 0.3 is 0 Å². The predicted molar refractivity (Wildman–Crippen MR) is 102 cm³/mol. The molecule has 2 aliphatic rings. The number of hydrogen-bond acceptors (Lipinski definition) is 4. The van der Waals surface area contributed by atoms with Crippen molar-refractivity contribution in [2.45, 2.75) is 43.6 Å². The van der Waals surface area contributed by atoms with Crippen LogP contribution in [0.3, 0.4) is 0 Å². The van der Waals surface area contributed by atoms with Crippen LogP contribution >= 0.6 is 0 Å². The average molecular weight is 367 g/mol. The minimum Gasteiger partial charge on any atom is -0.381 e. The van der Waals surface area contributed by atoms with Gasteiger partial charge in [-0.1, -0.05) is 30.3 Å². The molecule has 1 atom stereocenters. The SMILES string of the molecule is Cn1nc2c(cc1=O)CC(NC(=O)C1(c3ccccc3)CCOCC1)CC2. The van der Waals surface area contributed by atoms with Crippen LogP contribution in [0.2, 0.25) is 0 Å². The Morgan fingerprint density at radius 3 is 2.74 bits per heavy atom. The molecule has 0 saturated carbocycles. The summed E-state index contributed by atoms with van der Waals surface area (Å²) in [6.07, 6.45) is 3.65. The third-order valence-electron chi connectivity index (χ3n) is 5.90. The first-order valence-corrected chi connectivity index (χ1v) is 9.59. The van der Waals surface area contributed by atoms with E-state index < -0.39 is 5.41 Å². The zero-order valence-corrected chi connectivity index (χ0v) is 15.6. The van der Waals surface area contributed by atoms with Gasteiger partial charge in [-0.2, -0.15) is 5.10 Å². The first kappa shape index (κ1) is 17.9. The molecule has 0 spiro atoms. The fraction of sp³-hybridized carbons (Fsp3) is 0.476. The van der Waals surface area contributed by atoms with Gasteiger partial charge in [0.25, 0.3) is 5.56 Å². The molecule has 1 aromatic carbocycles. The molecule has 1 aliphatic heterocycles. The van der Waals surface area contributed by atoms with E-state index in [0.717, 1.165) is 29.7 Å². The number of ether oxygens (including phenoxy) is 1. The first-order valence-electron chi connectivity index (χ1n) is 9.59. The second kappa shape index (κ2) is 7.27. The highest BCUT2D eigenvalue weighted by Gasteiger charge is 2.42. The zero-order chi connectivity index (χ0) is 18.9. The molecule has 1 saturated heterocycles. The summed E-state index contributed by atoms with van der Waals surface area (Å²) in [5.74, 6) is 0.0715. The lowest BCUT2D eigenvalue weighted by atomic mass is 9.73. The highest BCUT2D eigenvalue weighted by Crippen LogP contribution is 2.35. The molecule has 0 radical (unpaired) electrons. The molecule has 142 valence electrons. The molecule has 2 aromatic rings. The van der Waals surface area contributed by atoms with E-state index in [1.54, 1.807) is 13.1 Å². The zero-order valence-electron chi connectivity index (χ0n) is 15.6. The Kier molecular flexibility index (Phi) is 4.83. The van der Waals surface area contributed by atoms with Crippen molar-refractivity contribution in [2.24, 2.45) is 7.05 Å². The van der Waals surface area contributed by atoms with Gasteiger partial charge in [0, 0.05) is 32.4 Å². The van der Waals surface area contributed by atoms with Crippen LogP contribution in [0.4, 0.5) is 0 Å². The van der Waals surface area contributed by atoms with Crippen LogP contribution in [0.25, 0.3) is 0 Å². The number of aryl methyl sites for hydroxylation is 2. The number of amides is 1. The monoisotopic (exact) mass is 367 g/mol. The molecule has 1 N–H and O–H groups in total. The van der Waals surface area contributed by atoms with Crippen LogP contribution in [0.15, 0.2) is 41.2 Å². The average Bonchev–Trinajstić information content (AvgIpc) is 2.70. The van der Waals surface area contributed by atoms with Crippen molar-refractivity contribution in [2.75, 3.05) is 13.2 Å². The summed E-state index contributed by atoms with van der Waals surface area (Å²) in [4.78, 5) is 25.3. The number of fused-ring (bicyclic) bond motifs is 1. The molecule has 0 bridgehead atoms. The van der Waals surface area contributed by atoms with Crippen molar-refractivity contribution in [1.29, 1.82) is 0 Å². The minimum atomic E-state index is -0.537. The van der Waals surface area contributed by atoms with E-state index in [0.29, 0.717) is 32.5 Å². The van der Waals surface area contributed by atoms with Crippen LogP contribution in [0, 0.1) is 0 Å². The number of carbonyl (C=O) groups is 1. The highest BCUT2D eigenvalue weighted by molar-refractivity contribution is 5.88. The molecular formula is C21H25N3O3. The van der Waals surface area contributed by atoms with Gasteiger partial charge < -0.3 is 10.1 Å². The van der Waals surface area contributed by atoms with Gasteiger partial charge in [-0.05, 0) is 43.2 Å². The first-order chi connectivity index (χ1) is 13.1. The van der Waals surface area contributed by atoms with Gasteiger partial charge in [-0.25, -0.2) is 4.68 Å². The molecule has 1 amide bonds. The molecule has 6 heteroatoms. The summed E-state index contributed by atoms with van der Waals surface area (Å²) >= 11 is 0. The fourth-order valence-corrected chi connectivity index (χ4v) is 4.26. The van der Waals surface area contributed by atoms with Gasteiger partial charge in [-0.15, -0.1) is 0 Å². The fourth-order valence-electron chi connectivity index (χ4n) is 4.26. The van der Waals surface area contributed by atoms with Gasteiger partial charge in [0.2, 0.25) is 5.91 Å². The smallest absolute Gasteiger partial charge is 0.266 e. The van der Waals surface area contributed by atoms with Crippen LogP contribution in [0.1, 0.15) is 36.1 Å². The molecule has 2 heterocycles. The number of nitrogens with zero attached hydrogens (tertiary/aromatic N) is 2. The lowest BCUT2D eigenvalue weighted by Gasteiger charge is -2.38. The third kappa shape index (κ3) is 3.41. The molecule has 27 heavy (non-hydrogen) atoms. The summed E-state index contributed by atoms with van der Waals surface area (Å²) in [6, 6.07) is 11.7. The second-order valence-corrected chi connectivity index (χ2v) is 7.55. The van der Waals surface area contributed by atoms with Crippen LogP contribution < -0.4 is 10.9 Å². The summed E-state index contributed by atoms with van der Waals surface area (Å²) < 4.78 is 6.91. The van der Waals surface area contributed by atoms with E-state index in [4.69, 9.17) is 4.74 Å². The Morgan fingerprint density at radius 2 is 2.00 bits per heavy atom. The van der Waals surface area contributed by atoms with E-state index >= 15 is 0 Å². The number of rotatable bonds is 3. The second-order valence-electron chi connectivity index (χ2n) is 7.55. The van der Waals surface area contributed by atoms with Gasteiger partial charge in [0.1, 0.15) is 0 Å². The molecule has 6 nitrogen and oxygen atoms in total. The maximum atomic E-state index is 13.4. The molecule has 4 rings (SSSR count). The minimum absolute atomic E-state index is 0.0299. The van der Waals surface area contributed by atoms with Crippen LogP contribution in [-0.2, 0) is 34.8 Å². The quantitative estimate of drug-likeness (QED) is 0.892. The molecule has 1 aromatic heterocycles. The number of carbonyl (C=O) groups excluding carboxylic acids is 1. The van der Waals surface area contributed by atoms with Crippen LogP contribution in [-0.4, -0.2) is 34.9 Å². The highest BCUT2D eigenvalue weighted by atomic mass is 16.5. The third-order valence-corrected chi connectivity index (χ3v) is 5.90.